The van der Waals surface area contributed by atoms with E-state index >= 15 is 0 Å². The van der Waals surface area contributed by atoms with E-state index < -0.39 is 47.6 Å². The molecular formula is C33H40F7N5O4. The van der Waals surface area contributed by atoms with Gasteiger partial charge in [-0.3, -0.25) is 14.5 Å². The molecule has 49 heavy (non-hydrogen) atoms. The van der Waals surface area contributed by atoms with Gasteiger partial charge < -0.3 is 25.0 Å². The SMILES string of the molecule is CC.CN.COc1cc(F)c(C2CC(=O)N(c3nccc(N4CCN(C)CC4)c3C(F)(F)F)C2)c(F)c1.O=Cc1ccc(OC(F)F)cc1. The van der Waals surface area contributed by atoms with Gasteiger partial charge in [-0.2, -0.15) is 22.0 Å². The third-order valence-electron chi connectivity index (χ3n) is 7.35. The van der Waals surface area contributed by atoms with E-state index in [-0.39, 0.29) is 35.7 Å². The Morgan fingerprint density at radius 1 is 0.959 bits per heavy atom. The number of piperazine rings is 1. The van der Waals surface area contributed by atoms with Crippen molar-refractivity contribution in [1.82, 2.24) is 9.88 Å². The van der Waals surface area contributed by atoms with Gasteiger partial charge in [-0.05, 0) is 44.4 Å². The van der Waals surface area contributed by atoms with Gasteiger partial charge in [0.25, 0.3) is 0 Å². The molecule has 1 atom stereocenters. The minimum absolute atomic E-state index is 0.0316. The highest BCUT2D eigenvalue weighted by Gasteiger charge is 2.44. The van der Waals surface area contributed by atoms with E-state index in [4.69, 9.17) is 4.74 Å². The van der Waals surface area contributed by atoms with E-state index in [1.807, 2.05) is 25.8 Å². The summed E-state index contributed by atoms with van der Waals surface area (Å²) >= 11 is 0. The Kier molecular flexibility index (Phi) is 15.7. The summed E-state index contributed by atoms with van der Waals surface area (Å²) in [7, 11) is 4.65. The molecule has 0 bridgehead atoms. The first-order chi connectivity index (χ1) is 23.3. The molecule has 9 nitrogen and oxygen atoms in total. The molecule has 1 amide bonds. The second-order valence-electron chi connectivity index (χ2n) is 10.3. The number of benzene rings is 2. The number of rotatable bonds is 7. The van der Waals surface area contributed by atoms with Crippen LogP contribution in [0.1, 0.15) is 47.7 Å². The lowest BCUT2D eigenvalue weighted by Crippen LogP contribution is -2.45. The summed E-state index contributed by atoms with van der Waals surface area (Å²) in [5.74, 6) is -3.99. The fourth-order valence-corrected chi connectivity index (χ4v) is 5.13. The van der Waals surface area contributed by atoms with Crippen LogP contribution in [0.15, 0.2) is 48.7 Å². The molecule has 2 fully saturated rings. The van der Waals surface area contributed by atoms with Gasteiger partial charge in [0.15, 0.2) is 0 Å². The topological polar surface area (TPSA) is 101 Å². The Hall–Kier alpha value is -4.44. The van der Waals surface area contributed by atoms with Gasteiger partial charge in [0.1, 0.15) is 40.8 Å². The monoisotopic (exact) mass is 703 g/mol. The van der Waals surface area contributed by atoms with Crippen LogP contribution >= 0.6 is 0 Å². The average molecular weight is 704 g/mol. The van der Waals surface area contributed by atoms with Crippen molar-refractivity contribution in [3.8, 4) is 11.5 Å². The molecule has 5 rings (SSSR count). The molecule has 2 N–H and O–H groups in total. The molecule has 1 aromatic heterocycles. The second kappa shape index (κ2) is 18.9. The number of pyridine rings is 1. The number of methoxy groups -OCH3 is 1. The number of alkyl halides is 5. The molecule has 16 heteroatoms. The molecule has 270 valence electrons. The number of aldehydes is 1. The number of anilines is 2. The van der Waals surface area contributed by atoms with Gasteiger partial charge >= 0.3 is 12.8 Å². The predicted octanol–water partition coefficient (Wildman–Crippen LogP) is 6.36. The third kappa shape index (κ3) is 10.8. The maximum Gasteiger partial charge on any atom is 0.421 e. The van der Waals surface area contributed by atoms with Crippen LogP contribution in [0, 0.1) is 11.6 Å². The van der Waals surface area contributed by atoms with Gasteiger partial charge in [0.2, 0.25) is 5.91 Å². The van der Waals surface area contributed by atoms with E-state index in [9.17, 15) is 40.3 Å². The van der Waals surface area contributed by atoms with Crippen molar-refractivity contribution in [3.05, 3.63) is 77.0 Å². The number of nitrogens with two attached hydrogens (primary N) is 1. The zero-order valence-corrected chi connectivity index (χ0v) is 27.7. The van der Waals surface area contributed by atoms with Crippen molar-refractivity contribution in [2.24, 2.45) is 5.73 Å². The fraction of sp³-hybridized carbons (Fsp3) is 0.424. The number of likely N-dealkylation sites (N-methyl/N-ethyl adjacent to an activating group) is 1. The van der Waals surface area contributed by atoms with Crippen LogP contribution in [0.2, 0.25) is 0 Å². The largest absolute Gasteiger partial charge is 0.497 e. The molecule has 3 heterocycles. The Bertz CT molecular complexity index is 1480. The molecule has 0 aliphatic carbocycles. The standard InChI is InChI=1S/C22H23F5N4O2.C8H6F2O2.C2H6.CH5N/c1-29-5-7-30(8-6-29)17-3-4-28-21(20(17)22(25,26)27)31-12-13(9-18(31)32)19-15(23)10-14(33-2)11-16(19)24;9-8(10)12-7-3-1-6(5-11)2-4-7;2*1-2/h3-4,10-11,13H,5-9,12H2,1-2H3;1-5,8H;1-2H3;2H2,1H3. The Labute approximate surface area is 280 Å². The number of ether oxygens (including phenoxy) is 2. The van der Waals surface area contributed by atoms with Gasteiger partial charge in [0.05, 0.1) is 12.8 Å². The molecule has 1 unspecified atom stereocenters. The van der Waals surface area contributed by atoms with E-state index in [0.29, 0.717) is 38.0 Å². The highest BCUT2D eigenvalue weighted by molar-refractivity contribution is 5.97. The van der Waals surface area contributed by atoms with E-state index in [2.05, 4.69) is 15.5 Å². The van der Waals surface area contributed by atoms with Gasteiger partial charge in [-0.15, -0.1) is 0 Å². The lowest BCUT2D eigenvalue weighted by molar-refractivity contribution is -0.136. The third-order valence-corrected chi connectivity index (χ3v) is 7.35. The molecule has 2 aliphatic rings. The first kappa shape index (κ1) is 40.7. The first-order valence-electron chi connectivity index (χ1n) is 15.2. The van der Waals surface area contributed by atoms with Crippen molar-refractivity contribution in [2.75, 3.05) is 63.7 Å². The predicted molar refractivity (Wildman–Crippen MR) is 171 cm³/mol. The van der Waals surface area contributed by atoms with Crippen LogP contribution in [-0.4, -0.2) is 82.6 Å². The highest BCUT2D eigenvalue weighted by atomic mass is 19.4. The van der Waals surface area contributed by atoms with Crippen molar-refractivity contribution in [2.45, 2.75) is 39.0 Å². The van der Waals surface area contributed by atoms with Crippen molar-refractivity contribution >= 4 is 23.7 Å². The zero-order valence-electron chi connectivity index (χ0n) is 27.7. The zero-order chi connectivity index (χ0) is 36.9. The number of hydrogen-bond acceptors (Lipinski definition) is 8. The molecule has 3 aromatic rings. The van der Waals surface area contributed by atoms with Crippen LogP contribution in [0.5, 0.6) is 11.5 Å². The fourth-order valence-electron chi connectivity index (χ4n) is 5.13. The minimum atomic E-state index is -4.78. The minimum Gasteiger partial charge on any atom is -0.497 e. The lowest BCUT2D eigenvalue weighted by Gasteiger charge is -2.36. The maximum absolute atomic E-state index is 14.6. The van der Waals surface area contributed by atoms with Gasteiger partial charge in [0, 0.05) is 74.5 Å². The van der Waals surface area contributed by atoms with Gasteiger partial charge in [-0.1, -0.05) is 13.8 Å². The number of halogens is 7. The number of aromatic nitrogens is 1. The first-order valence-corrected chi connectivity index (χ1v) is 15.2. The van der Waals surface area contributed by atoms with Crippen molar-refractivity contribution < 1.29 is 49.8 Å². The molecule has 2 aromatic carbocycles. The molecular weight excluding hydrogens is 663 g/mol. The van der Waals surface area contributed by atoms with E-state index in [0.717, 1.165) is 17.0 Å². The quantitative estimate of drug-likeness (QED) is 0.224. The van der Waals surface area contributed by atoms with Gasteiger partial charge in [-0.25, -0.2) is 13.8 Å². The Morgan fingerprint density at radius 3 is 2.02 bits per heavy atom. The molecule has 0 radical (unpaired) electrons. The lowest BCUT2D eigenvalue weighted by atomic mass is 9.97. The number of carbonyl (C=O) groups is 2. The number of nitrogens with zero attached hydrogens (tertiary/aromatic N) is 4. The summed E-state index contributed by atoms with van der Waals surface area (Å²) in [6.45, 7) is 2.82. The summed E-state index contributed by atoms with van der Waals surface area (Å²) in [5, 5.41) is 0. The van der Waals surface area contributed by atoms with Crippen molar-refractivity contribution in [1.29, 1.82) is 0 Å². The maximum atomic E-state index is 14.6. The molecule has 2 saturated heterocycles. The van der Waals surface area contributed by atoms with E-state index in [1.54, 1.807) is 4.90 Å². The number of amides is 1. The molecule has 2 aliphatic heterocycles. The normalized spacial score (nSPS) is 16.1. The number of carbonyl (C=O) groups excluding carboxylic acids is 2. The summed E-state index contributed by atoms with van der Waals surface area (Å²) in [4.78, 5) is 31.3. The van der Waals surface area contributed by atoms with Crippen molar-refractivity contribution in [3.63, 3.8) is 0 Å². The van der Waals surface area contributed by atoms with Crippen LogP contribution in [-0.2, 0) is 11.0 Å². The summed E-state index contributed by atoms with van der Waals surface area (Å²) in [6, 6.07) is 8.71. The molecule has 0 spiro atoms. The summed E-state index contributed by atoms with van der Waals surface area (Å²) in [6.07, 6.45) is -3.26. The molecule has 0 saturated carbocycles. The smallest absolute Gasteiger partial charge is 0.421 e. The summed E-state index contributed by atoms with van der Waals surface area (Å²) < 4.78 is 104. The Morgan fingerprint density at radius 2 is 1.53 bits per heavy atom. The average Bonchev–Trinajstić information content (AvgIpc) is 3.46. The van der Waals surface area contributed by atoms with Crippen LogP contribution < -0.4 is 25.0 Å². The van der Waals surface area contributed by atoms with Crippen LogP contribution in [0.3, 0.4) is 0 Å². The Balaban J connectivity index is 0.000000436. The van der Waals surface area contributed by atoms with Crippen LogP contribution in [0.25, 0.3) is 0 Å². The number of hydrogen-bond donors (Lipinski definition) is 1. The summed E-state index contributed by atoms with van der Waals surface area (Å²) in [5.41, 5.74) is 3.50. The van der Waals surface area contributed by atoms with E-state index in [1.165, 1.54) is 50.7 Å². The van der Waals surface area contributed by atoms with Crippen LogP contribution in [0.4, 0.5) is 42.2 Å². The highest BCUT2D eigenvalue weighted by Crippen LogP contribution is 2.44. The second-order valence-corrected chi connectivity index (χ2v) is 10.3.